The molecule has 0 saturated heterocycles. The van der Waals surface area contributed by atoms with Crippen molar-refractivity contribution in [1.29, 1.82) is 0 Å². The first-order valence-electron chi connectivity index (χ1n) is 2.86. The van der Waals surface area contributed by atoms with Crippen molar-refractivity contribution in [3.05, 3.63) is 27.7 Å². The van der Waals surface area contributed by atoms with Gasteiger partial charge in [0.25, 0.3) is 0 Å². The second-order valence-electron chi connectivity index (χ2n) is 2.00. The van der Waals surface area contributed by atoms with Crippen molar-refractivity contribution in [2.75, 3.05) is 5.73 Å². The molecule has 1 aromatic carbocycles. The van der Waals surface area contributed by atoms with Gasteiger partial charge < -0.3 is 5.73 Å². The average molecular weight is 186 g/mol. The molecule has 1 rings (SSSR count). The average Bonchev–Trinajstić information content (AvgIpc) is 1.99. The van der Waals surface area contributed by atoms with E-state index in [2.05, 4.69) is 5.92 Å². The van der Waals surface area contributed by atoms with Crippen molar-refractivity contribution in [2.45, 2.75) is 0 Å². The monoisotopic (exact) mass is 185 g/mol. The zero-order chi connectivity index (χ0) is 8.43. The molecule has 0 radical (unpaired) electrons. The van der Waals surface area contributed by atoms with E-state index < -0.39 is 0 Å². The Kier molecular flexibility index (Phi) is 2.28. The fraction of sp³-hybridized carbons (Fsp3) is 0. The van der Waals surface area contributed by atoms with Gasteiger partial charge in [0.1, 0.15) is 0 Å². The van der Waals surface area contributed by atoms with E-state index in [4.69, 9.17) is 35.4 Å². The predicted molar refractivity (Wildman–Crippen MR) is 48.8 cm³/mol. The molecule has 0 saturated carbocycles. The summed E-state index contributed by atoms with van der Waals surface area (Å²) in [6, 6.07) is 3.20. The Bertz CT molecular complexity index is 302. The Morgan fingerprint density at radius 3 is 2.09 bits per heavy atom. The van der Waals surface area contributed by atoms with Crippen molar-refractivity contribution >= 4 is 28.9 Å². The molecule has 0 amide bonds. The van der Waals surface area contributed by atoms with Crippen molar-refractivity contribution in [2.24, 2.45) is 0 Å². The minimum Gasteiger partial charge on any atom is -0.396 e. The van der Waals surface area contributed by atoms with E-state index >= 15 is 0 Å². The SMILES string of the molecule is C#Cc1cc(Cl)c(N)c(Cl)c1. The lowest BCUT2D eigenvalue weighted by Crippen LogP contribution is -1.88. The molecule has 56 valence electrons. The molecule has 0 bridgehead atoms. The van der Waals surface area contributed by atoms with Gasteiger partial charge >= 0.3 is 0 Å². The Balaban J connectivity index is 3.35. The third kappa shape index (κ3) is 1.59. The van der Waals surface area contributed by atoms with E-state index in [9.17, 15) is 0 Å². The number of terminal acetylenes is 1. The van der Waals surface area contributed by atoms with Gasteiger partial charge in [-0.05, 0) is 12.1 Å². The van der Waals surface area contributed by atoms with E-state index in [-0.39, 0.29) is 0 Å². The second-order valence-corrected chi connectivity index (χ2v) is 2.81. The van der Waals surface area contributed by atoms with E-state index in [1.165, 1.54) is 0 Å². The molecule has 2 N–H and O–H groups in total. The number of hydrogen-bond donors (Lipinski definition) is 1. The van der Waals surface area contributed by atoms with Crippen LogP contribution in [0.25, 0.3) is 0 Å². The minimum absolute atomic E-state index is 0.368. The van der Waals surface area contributed by atoms with Crippen LogP contribution in [0.2, 0.25) is 10.0 Å². The predicted octanol–water partition coefficient (Wildman–Crippen LogP) is 2.56. The number of nitrogen functional groups attached to an aromatic ring is 1. The van der Waals surface area contributed by atoms with Crippen LogP contribution in [0.15, 0.2) is 12.1 Å². The summed E-state index contributed by atoms with van der Waals surface area (Å²) < 4.78 is 0. The molecular weight excluding hydrogens is 181 g/mol. The standard InChI is InChI=1S/C8H5Cl2N/c1-2-5-3-6(9)8(11)7(10)4-5/h1,3-4H,11H2. The molecule has 1 aromatic rings. The van der Waals surface area contributed by atoms with Crippen molar-refractivity contribution in [3.8, 4) is 12.3 Å². The minimum atomic E-state index is 0.368. The van der Waals surface area contributed by atoms with Crippen molar-refractivity contribution in [3.63, 3.8) is 0 Å². The number of anilines is 1. The molecule has 11 heavy (non-hydrogen) atoms. The van der Waals surface area contributed by atoms with Crippen LogP contribution in [0, 0.1) is 12.3 Å². The fourth-order valence-electron chi connectivity index (χ4n) is 0.668. The Hall–Kier alpha value is -0.840. The lowest BCUT2D eigenvalue weighted by Gasteiger charge is -2.00. The maximum absolute atomic E-state index is 5.69. The van der Waals surface area contributed by atoms with Gasteiger partial charge in [0.2, 0.25) is 0 Å². The molecule has 0 unspecified atom stereocenters. The van der Waals surface area contributed by atoms with Crippen molar-refractivity contribution in [1.82, 2.24) is 0 Å². The number of benzene rings is 1. The Labute approximate surface area is 75.1 Å². The van der Waals surface area contributed by atoms with E-state index in [0.717, 1.165) is 0 Å². The van der Waals surface area contributed by atoms with Crippen LogP contribution in [0.1, 0.15) is 5.56 Å². The highest BCUT2D eigenvalue weighted by molar-refractivity contribution is 6.38. The van der Waals surface area contributed by atoms with Crippen LogP contribution >= 0.6 is 23.2 Å². The third-order valence-corrected chi connectivity index (χ3v) is 1.87. The van der Waals surface area contributed by atoms with Gasteiger partial charge in [-0.1, -0.05) is 29.1 Å². The number of hydrogen-bond acceptors (Lipinski definition) is 1. The highest BCUT2D eigenvalue weighted by Crippen LogP contribution is 2.28. The Morgan fingerprint density at radius 2 is 1.73 bits per heavy atom. The van der Waals surface area contributed by atoms with E-state index in [0.29, 0.717) is 21.3 Å². The third-order valence-electron chi connectivity index (χ3n) is 1.25. The lowest BCUT2D eigenvalue weighted by molar-refractivity contribution is 1.63. The molecule has 0 aliphatic rings. The first-order chi connectivity index (χ1) is 5.15. The van der Waals surface area contributed by atoms with Gasteiger partial charge in [0.15, 0.2) is 0 Å². The summed E-state index contributed by atoms with van der Waals surface area (Å²) in [5.74, 6) is 2.41. The number of nitrogens with two attached hydrogens (primary N) is 1. The van der Waals surface area contributed by atoms with Crippen LogP contribution in [-0.2, 0) is 0 Å². The van der Waals surface area contributed by atoms with Crippen LogP contribution in [-0.4, -0.2) is 0 Å². The van der Waals surface area contributed by atoms with Crippen LogP contribution in [0.3, 0.4) is 0 Å². The first-order valence-corrected chi connectivity index (χ1v) is 3.62. The highest BCUT2D eigenvalue weighted by Gasteiger charge is 2.02. The zero-order valence-corrected chi connectivity index (χ0v) is 7.08. The topological polar surface area (TPSA) is 26.0 Å². The van der Waals surface area contributed by atoms with Crippen molar-refractivity contribution < 1.29 is 0 Å². The van der Waals surface area contributed by atoms with Gasteiger partial charge in [-0.3, -0.25) is 0 Å². The van der Waals surface area contributed by atoms with Gasteiger partial charge in [0, 0.05) is 5.56 Å². The molecule has 0 spiro atoms. The van der Waals surface area contributed by atoms with Gasteiger partial charge in [0.05, 0.1) is 15.7 Å². The molecule has 0 aromatic heterocycles. The quantitative estimate of drug-likeness (QED) is 0.489. The largest absolute Gasteiger partial charge is 0.396 e. The second kappa shape index (κ2) is 3.04. The number of halogens is 2. The summed E-state index contributed by atoms with van der Waals surface area (Å²) in [7, 11) is 0. The normalized spacial score (nSPS) is 9.18. The summed E-state index contributed by atoms with van der Waals surface area (Å²) >= 11 is 11.4. The first kappa shape index (κ1) is 8.26. The van der Waals surface area contributed by atoms with Crippen LogP contribution in [0.5, 0.6) is 0 Å². The Morgan fingerprint density at radius 1 is 1.27 bits per heavy atom. The van der Waals surface area contributed by atoms with E-state index in [1.807, 2.05) is 0 Å². The lowest BCUT2D eigenvalue weighted by atomic mass is 10.2. The molecule has 0 fully saturated rings. The summed E-state index contributed by atoms with van der Waals surface area (Å²) in [5.41, 5.74) is 6.47. The van der Waals surface area contributed by atoms with E-state index in [1.54, 1.807) is 12.1 Å². The van der Waals surface area contributed by atoms with Crippen LogP contribution < -0.4 is 5.73 Å². The molecule has 0 atom stereocenters. The maximum atomic E-state index is 5.69. The zero-order valence-electron chi connectivity index (χ0n) is 5.57. The summed E-state index contributed by atoms with van der Waals surface area (Å²) in [6.07, 6.45) is 5.13. The summed E-state index contributed by atoms with van der Waals surface area (Å²) in [6.45, 7) is 0. The molecule has 0 aliphatic carbocycles. The molecule has 0 heterocycles. The van der Waals surface area contributed by atoms with Crippen LogP contribution in [0.4, 0.5) is 5.69 Å². The summed E-state index contributed by atoms with van der Waals surface area (Å²) in [4.78, 5) is 0. The molecule has 1 nitrogen and oxygen atoms in total. The molecule has 3 heteroatoms. The highest BCUT2D eigenvalue weighted by atomic mass is 35.5. The number of rotatable bonds is 0. The van der Waals surface area contributed by atoms with Gasteiger partial charge in [-0.15, -0.1) is 6.42 Å². The molecular formula is C8H5Cl2N. The smallest absolute Gasteiger partial charge is 0.0693 e. The maximum Gasteiger partial charge on any atom is 0.0693 e. The van der Waals surface area contributed by atoms with Gasteiger partial charge in [-0.25, -0.2) is 0 Å². The van der Waals surface area contributed by atoms with Gasteiger partial charge in [-0.2, -0.15) is 0 Å². The molecule has 0 aliphatic heterocycles. The fourth-order valence-corrected chi connectivity index (χ4v) is 1.15. The summed E-state index contributed by atoms with van der Waals surface area (Å²) in [5, 5.41) is 0.788.